The molecule has 5 nitrogen and oxygen atoms in total. The van der Waals surface area contributed by atoms with E-state index in [1.54, 1.807) is 5.32 Å². The zero-order valence-corrected chi connectivity index (χ0v) is 17.4. The van der Waals surface area contributed by atoms with E-state index in [1.165, 1.54) is 0 Å². The van der Waals surface area contributed by atoms with Crippen molar-refractivity contribution >= 4 is 17.5 Å². The fourth-order valence-corrected chi connectivity index (χ4v) is 3.25. The first kappa shape index (κ1) is 25.4. The van der Waals surface area contributed by atoms with Gasteiger partial charge in [0.05, 0.1) is 28.9 Å². The van der Waals surface area contributed by atoms with Crippen molar-refractivity contribution in [3.05, 3.63) is 70.8 Å². The molecule has 0 unspecified atom stereocenters. The number of halogens is 9. The maximum absolute atomic E-state index is 14.6. The molecule has 3 rings (SSSR count). The second-order valence-electron chi connectivity index (χ2n) is 7.03. The summed E-state index contributed by atoms with van der Waals surface area (Å²) >= 11 is 5.88. The Labute approximate surface area is 191 Å². The number of hydrogen-bond donors (Lipinski definition) is 1. The average Bonchev–Trinajstić information content (AvgIpc) is 3.18. The molecule has 1 aromatic carbocycles. The van der Waals surface area contributed by atoms with Crippen molar-refractivity contribution in [1.29, 1.82) is 0 Å². The summed E-state index contributed by atoms with van der Waals surface area (Å²) in [6.45, 7) is -2.77. The molecule has 182 valence electrons. The molecule has 0 bridgehead atoms. The van der Waals surface area contributed by atoms with Crippen LogP contribution in [0.3, 0.4) is 0 Å². The topological polar surface area (TPSA) is 59.8 Å². The molecule has 14 heteroatoms. The predicted molar refractivity (Wildman–Crippen MR) is 104 cm³/mol. The third-order valence-electron chi connectivity index (χ3n) is 4.44. The van der Waals surface area contributed by atoms with Crippen LogP contribution in [0.5, 0.6) is 0 Å². The highest BCUT2D eigenvalue weighted by atomic mass is 35.5. The van der Waals surface area contributed by atoms with Gasteiger partial charge in [-0.05, 0) is 18.2 Å². The summed E-state index contributed by atoms with van der Waals surface area (Å²) in [6, 6.07) is 4.70. The number of amides is 1. The second kappa shape index (κ2) is 9.20. The number of rotatable bonds is 6. The summed E-state index contributed by atoms with van der Waals surface area (Å²) < 4.78 is 106. The molecule has 0 aliphatic rings. The third-order valence-corrected chi connectivity index (χ3v) is 4.73. The molecule has 3 aromatic rings. The van der Waals surface area contributed by atoms with Crippen LogP contribution in [0.1, 0.15) is 21.6 Å². The summed E-state index contributed by atoms with van der Waals surface area (Å²) in [5.41, 5.74) is -2.88. The van der Waals surface area contributed by atoms with Crippen molar-refractivity contribution in [2.45, 2.75) is 24.8 Å². The molecule has 0 fully saturated rings. The summed E-state index contributed by atoms with van der Waals surface area (Å²) in [4.78, 5) is 15.7. The molecular weight excluding hydrogens is 500 g/mol. The Morgan fingerprint density at radius 3 is 2.29 bits per heavy atom. The molecule has 1 amide bonds. The molecule has 0 radical (unpaired) electrons. The smallest absolute Gasteiger partial charge is 0.346 e. The van der Waals surface area contributed by atoms with Gasteiger partial charge >= 0.3 is 18.3 Å². The molecule has 0 atom stereocenters. The number of alkyl halides is 8. The van der Waals surface area contributed by atoms with Gasteiger partial charge < -0.3 is 5.32 Å². The van der Waals surface area contributed by atoms with E-state index in [-0.39, 0.29) is 11.1 Å². The zero-order valence-electron chi connectivity index (χ0n) is 16.7. The van der Waals surface area contributed by atoms with Crippen molar-refractivity contribution in [3.63, 3.8) is 0 Å². The monoisotopic (exact) mass is 512 g/mol. The lowest BCUT2D eigenvalue weighted by atomic mass is 10.1. The highest BCUT2D eigenvalue weighted by Crippen LogP contribution is 2.35. The van der Waals surface area contributed by atoms with E-state index in [9.17, 15) is 39.9 Å². The first-order valence-electron chi connectivity index (χ1n) is 9.25. The highest BCUT2D eigenvalue weighted by molar-refractivity contribution is 6.31. The maximum Gasteiger partial charge on any atom is 0.417 e. The van der Waals surface area contributed by atoms with Crippen molar-refractivity contribution in [3.8, 4) is 11.1 Å². The van der Waals surface area contributed by atoms with E-state index in [2.05, 4.69) is 10.1 Å². The normalized spacial score (nSPS) is 12.6. The van der Waals surface area contributed by atoms with Gasteiger partial charge in [-0.25, -0.2) is 0 Å². The molecule has 0 saturated carbocycles. The second-order valence-corrected chi connectivity index (χ2v) is 7.43. The fraction of sp³-hybridized carbons (Fsp3) is 0.250. The van der Waals surface area contributed by atoms with E-state index in [4.69, 9.17) is 11.6 Å². The van der Waals surface area contributed by atoms with E-state index < -0.39 is 59.1 Å². The Morgan fingerprint density at radius 1 is 1.00 bits per heavy atom. The van der Waals surface area contributed by atoms with Crippen LogP contribution in [-0.4, -0.2) is 33.4 Å². The lowest BCUT2D eigenvalue weighted by molar-refractivity contribution is -0.142. The summed E-state index contributed by atoms with van der Waals surface area (Å²) in [7, 11) is 0. The third kappa shape index (κ3) is 6.01. The Balaban J connectivity index is 1.76. The summed E-state index contributed by atoms with van der Waals surface area (Å²) in [6.07, 6.45) is -6.38. The van der Waals surface area contributed by atoms with Gasteiger partial charge in [-0.2, -0.15) is 40.2 Å². The Hall–Kier alpha value is -3.22. The van der Waals surface area contributed by atoms with Crippen LogP contribution in [-0.2, 0) is 18.6 Å². The van der Waals surface area contributed by atoms with E-state index in [0.717, 1.165) is 42.9 Å². The molecule has 2 aromatic heterocycles. The largest absolute Gasteiger partial charge is 0.417 e. The van der Waals surface area contributed by atoms with Crippen LogP contribution >= 0.6 is 11.6 Å². The lowest BCUT2D eigenvalue weighted by Gasteiger charge is -2.19. The number of hydrogen-bond acceptors (Lipinski definition) is 3. The highest BCUT2D eigenvalue weighted by Gasteiger charge is 2.38. The Bertz CT molecular complexity index is 1190. The number of carbonyl (C=O) groups is 1. The number of aromatic nitrogens is 3. The predicted octanol–water partition coefficient (Wildman–Crippen LogP) is 5.70. The minimum atomic E-state index is -4.87. The molecule has 0 aliphatic heterocycles. The molecule has 1 N–H and O–H groups in total. The standard InChI is InChI=1S/C20H13ClF8N4O/c21-15-5-11(12-7-32-33(8-12)10-19(24,25)26)6-30-16(15)18(22,23)9-31-17(34)13-3-1-2-4-14(13)20(27,28)29/h1-8H,9-10H2,(H,31,34). The molecule has 34 heavy (non-hydrogen) atoms. The Morgan fingerprint density at radius 2 is 1.68 bits per heavy atom. The summed E-state index contributed by atoms with van der Waals surface area (Å²) in [5.74, 6) is -5.25. The first-order chi connectivity index (χ1) is 15.7. The first-order valence-corrected chi connectivity index (χ1v) is 9.63. The summed E-state index contributed by atoms with van der Waals surface area (Å²) in [5, 5.41) is 4.70. The quantitative estimate of drug-likeness (QED) is 0.431. The van der Waals surface area contributed by atoms with Crippen LogP contribution in [0.25, 0.3) is 11.1 Å². The zero-order chi connectivity index (χ0) is 25.3. The van der Waals surface area contributed by atoms with Crippen molar-refractivity contribution in [2.75, 3.05) is 6.54 Å². The van der Waals surface area contributed by atoms with Gasteiger partial charge in [0, 0.05) is 23.5 Å². The molecule has 0 spiro atoms. The van der Waals surface area contributed by atoms with E-state index in [0.29, 0.717) is 10.7 Å². The van der Waals surface area contributed by atoms with E-state index >= 15 is 0 Å². The molecule has 0 aliphatic carbocycles. The number of benzene rings is 1. The van der Waals surface area contributed by atoms with Crippen LogP contribution in [0.15, 0.2) is 48.9 Å². The van der Waals surface area contributed by atoms with Crippen molar-refractivity contribution in [1.82, 2.24) is 20.1 Å². The van der Waals surface area contributed by atoms with Gasteiger partial charge in [0.2, 0.25) is 0 Å². The van der Waals surface area contributed by atoms with Crippen molar-refractivity contribution < 1.29 is 39.9 Å². The molecule has 0 saturated heterocycles. The van der Waals surface area contributed by atoms with Gasteiger partial charge in [-0.3, -0.25) is 14.5 Å². The molecule has 2 heterocycles. The van der Waals surface area contributed by atoms with Crippen LogP contribution in [0.4, 0.5) is 35.1 Å². The minimum Gasteiger partial charge on any atom is -0.346 e. The number of carbonyl (C=O) groups excluding carboxylic acids is 1. The number of nitrogens with one attached hydrogen (secondary N) is 1. The van der Waals surface area contributed by atoms with Gasteiger partial charge in [0.15, 0.2) is 0 Å². The fourth-order valence-electron chi connectivity index (χ4n) is 2.95. The maximum atomic E-state index is 14.6. The lowest BCUT2D eigenvalue weighted by Crippen LogP contribution is -2.36. The Kier molecular flexibility index (Phi) is 6.87. The average molecular weight is 513 g/mol. The number of nitrogens with zero attached hydrogens (tertiary/aromatic N) is 3. The van der Waals surface area contributed by atoms with Gasteiger partial charge in [-0.15, -0.1) is 0 Å². The van der Waals surface area contributed by atoms with Crippen molar-refractivity contribution in [2.24, 2.45) is 0 Å². The number of pyridine rings is 1. The van der Waals surface area contributed by atoms with Crippen LogP contribution < -0.4 is 5.32 Å². The molecular formula is C20H13ClF8N4O. The SMILES string of the molecule is O=C(NCC(F)(F)c1ncc(-c2cnn(CC(F)(F)F)c2)cc1Cl)c1ccccc1C(F)(F)F. The minimum absolute atomic E-state index is 0.0983. The van der Waals surface area contributed by atoms with E-state index in [1.807, 2.05) is 0 Å². The van der Waals surface area contributed by atoms with Crippen LogP contribution in [0, 0.1) is 0 Å². The van der Waals surface area contributed by atoms with Crippen LogP contribution in [0.2, 0.25) is 5.02 Å². The van der Waals surface area contributed by atoms with Gasteiger partial charge in [-0.1, -0.05) is 23.7 Å². The van der Waals surface area contributed by atoms with Gasteiger partial charge in [0.1, 0.15) is 12.2 Å². The van der Waals surface area contributed by atoms with Gasteiger partial charge in [0.25, 0.3) is 5.91 Å².